The maximum atomic E-state index is 5.85. The predicted octanol–water partition coefficient (Wildman–Crippen LogP) is 13.2. The van der Waals surface area contributed by atoms with E-state index in [0.717, 1.165) is 25.7 Å². The molecule has 0 radical (unpaired) electrons. The molecule has 0 aliphatic rings. The second-order valence-corrected chi connectivity index (χ2v) is 22.4. The van der Waals surface area contributed by atoms with Crippen LogP contribution in [0, 0.1) is 23.7 Å². The van der Waals surface area contributed by atoms with Crippen molar-refractivity contribution >= 4 is 86.5 Å². The molecule has 0 spiro atoms. The Labute approximate surface area is 367 Å². The molecule has 4 atom stereocenters. The Balaban J connectivity index is -0.000000123. The first-order chi connectivity index (χ1) is 20.0. The van der Waals surface area contributed by atoms with Crippen LogP contribution in [0.15, 0.2) is 0 Å². The third-order valence-electron chi connectivity index (χ3n) is 8.07. The minimum absolute atomic E-state index is 0. The van der Waals surface area contributed by atoms with Gasteiger partial charge in [0.1, 0.15) is 0 Å². The van der Waals surface area contributed by atoms with Crippen molar-refractivity contribution in [1.82, 2.24) is 0 Å². The zero-order valence-electron chi connectivity index (χ0n) is 31.6. The average molecular weight is 969 g/mol. The van der Waals surface area contributed by atoms with Gasteiger partial charge in [0.2, 0.25) is 11.4 Å². The largest absolute Gasteiger partial charge is 2.00 e. The van der Waals surface area contributed by atoms with Crippen molar-refractivity contribution in [1.29, 1.82) is 0 Å². The molecule has 15 heteroatoms. The summed E-state index contributed by atoms with van der Waals surface area (Å²) in [7, 11) is 0. The number of thiol groups is 2. The zero-order chi connectivity index (χ0) is 32.3. The van der Waals surface area contributed by atoms with Crippen molar-refractivity contribution in [3.63, 3.8) is 0 Å². The van der Waals surface area contributed by atoms with E-state index in [0.29, 0.717) is 50.1 Å². The van der Waals surface area contributed by atoms with Gasteiger partial charge in [-0.15, -0.1) is 0 Å². The summed E-state index contributed by atoms with van der Waals surface area (Å²) < 4.78 is 23.4. The molecule has 4 nitrogen and oxygen atoms in total. The van der Waals surface area contributed by atoms with Crippen molar-refractivity contribution < 1.29 is 76.5 Å². The molecule has 0 aromatic heterocycles. The fourth-order valence-electron chi connectivity index (χ4n) is 4.47. The summed E-state index contributed by atoms with van der Waals surface area (Å²) in [6.45, 7) is 20.5. The summed E-state index contributed by atoms with van der Waals surface area (Å²) in [6, 6.07) is 0. The zero-order valence-corrected chi connectivity index (χ0v) is 47.4. The van der Waals surface area contributed by atoms with Crippen LogP contribution in [-0.4, -0.2) is 26.4 Å². The van der Waals surface area contributed by atoms with Gasteiger partial charge in [-0.3, -0.25) is 0 Å². The summed E-state index contributed by atoms with van der Waals surface area (Å²) in [5, 5.41) is 0. The van der Waals surface area contributed by atoms with E-state index in [9.17, 15) is 0 Å². The monoisotopic (exact) mass is 964 g/mol. The molecule has 0 fully saturated rings. The molecular weight excluding hydrogens is 899 g/mol. The van der Waals surface area contributed by atoms with Crippen LogP contribution in [0.4, 0.5) is 0 Å². The van der Waals surface area contributed by atoms with Gasteiger partial charge in [0.05, 0.1) is 26.4 Å². The minimum atomic E-state index is -2.36. The predicted molar refractivity (Wildman–Crippen MR) is 218 cm³/mol. The smallest absolute Gasteiger partial charge is 2.00 e. The molecule has 0 N–H and O–H groups in total. The summed E-state index contributed by atoms with van der Waals surface area (Å²) >= 11 is 19.8. The van der Waals surface area contributed by atoms with E-state index >= 15 is 0 Å². The maximum Gasteiger partial charge on any atom is 2.00 e. The van der Waals surface area contributed by atoms with Gasteiger partial charge in [-0.25, -0.2) is 0 Å². The fraction of sp³-hybridized carbons (Fsp3) is 1.00. The summed E-state index contributed by atoms with van der Waals surface area (Å²) in [5.74, 6) is 2.35. The number of rotatable bonds is 28. The molecule has 272 valence electrons. The third kappa shape index (κ3) is 43.0. The van der Waals surface area contributed by atoms with Crippen molar-refractivity contribution in [2.45, 2.75) is 158 Å². The van der Waals surface area contributed by atoms with Crippen molar-refractivity contribution in [3.05, 3.63) is 0 Å². The molecule has 0 bridgehead atoms. The Bertz CT molecular complexity index is 605. The maximum absolute atomic E-state index is 5.85. The topological polar surface area (TPSA) is 36.9 Å². The van der Waals surface area contributed by atoms with Crippen LogP contribution < -0.4 is 0 Å². The molecule has 0 aliphatic heterocycles. The number of hydrogen-bond donors (Lipinski definition) is 2. The molecule has 47 heavy (non-hydrogen) atoms. The second kappa shape index (κ2) is 44.8. The van der Waals surface area contributed by atoms with Gasteiger partial charge in [-0.1, -0.05) is 157 Å². The standard InChI is InChI=1S/2C16H35O2PS2.2S.3Zn/c2*1-5-9-11-15(7-3)13-17-19(20,21)18-14-16(8-4)12-10-6-2;;;;;/h2*15-16H,5-14H2,1-4H3,(H,20,21);;;;;/q;;2*-2;3*+2. The van der Waals surface area contributed by atoms with Crippen LogP contribution in [0.1, 0.15) is 158 Å². The molecule has 0 rings (SSSR count). The van der Waals surface area contributed by atoms with Crippen molar-refractivity contribution in [2.75, 3.05) is 26.4 Å². The van der Waals surface area contributed by atoms with Crippen molar-refractivity contribution in [3.8, 4) is 0 Å². The van der Waals surface area contributed by atoms with Crippen molar-refractivity contribution in [2.24, 2.45) is 23.7 Å². The summed E-state index contributed by atoms with van der Waals surface area (Å²) in [6.07, 6.45) is 19.4. The molecule has 0 amide bonds. The Morgan fingerprint density at radius 3 is 0.723 bits per heavy atom. The van der Waals surface area contributed by atoms with Gasteiger partial charge in [0.25, 0.3) is 0 Å². The number of hydrogen-bond acceptors (Lipinski definition) is 6. The normalized spacial score (nSPS) is 15.5. The summed E-state index contributed by atoms with van der Waals surface area (Å²) in [4.78, 5) is 0. The van der Waals surface area contributed by atoms with Gasteiger partial charge in [-0.2, -0.15) is 0 Å². The first kappa shape index (κ1) is 66.2. The van der Waals surface area contributed by atoms with Crippen LogP contribution in [0.5, 0.6) is 0 Å². The number of unbranched alkanes of at least 4 members (excludes halogenated alkanes) is 4. The molecule has 0 saturated carbocycles. The van der Waals surface area contributed by atoms with Gasteiger partial charge in [0.15, 0.2) is 0 Å². The molecule has 0 saturated heterocycles. The Morgan fingerprint density at radius 1 is 0.426 bits per heavy atom. The third-order valence-corrected chi connectivity index (χ3v) is 12.6. The summed E-state index contributed by atoms with van der Waals surface area (Å²) in [5.41, 5.74) is -4.73. The molecular formula is C32H70O4P2S6Zn3+2. The van der Waals surface area contributed by atoms with Crippen LogP contribution in [0.3, 0.4) is 0 Å². The van der Waals surface area contributed by atoms with Gasteiger partial charge >= 0.3 is 58.4 Å². The van der Waals surface area contributed by atoms with Gasteiger partial charge in [0, 0.05) is 0 Å². The van der Waals surface area contributed by atoms with Crippen LogP contribution >= 0.6 is 35.9 Å². The quantitative estimate of drug-likeness (QED) is 0.0462. The Morgan fingerprint density at radius 2 is 0.596 bits per heavy atom. The van der Waals surface area contributed by atoms with E-state index in [-0.39, 0.29) is 85.4 Å². The average Bonchev–Trinajstić information content (AvgIpc) is 2.98. The van der Waals surface area contributed by atoms with Crippen LogP contribution in [0.2, 0.25) is 0 Å². The Hall–Kier alpha value is 4.41. The SMILES string of the molecule is CCCCC(CC)COP(=S)(S)OCC(CC)CCCC.CCCCC(CC)COP(=S)(S)OCC(CC)CCCC.[S-2].[S-2].[Zn+2].[Zn+2].[Zn+2]. The Kier molecular flexibility index (Phi) is 63.1. The van der Waals surface area contributed by atoms with E-state index in [1.54, 1.807) is 0 Å². The van der Waals surface area contributed by atoms with Gasteiger partial charge < -0.3 is 45.1 Å². The first-order valence-corrected chi connectivity index (χ1v) is 24.8. The van der Waals surface area contributed by atoms with Gasteiger partial charge in [-0.05, 0) is 73.0 Å². The van der Waals surface area contributed by atoms with E-state index in [1.165, 1.54) is 77.0 Å². The van der Waals surface area contributed by atoms with E-state index in [4.69, 9.17) is 41.7 Å². The molecule has 0 heterocycles. The first-order valence-electron chi connectivity index (χ1n) is 17.2. The van der Waals surface area contributed by atoms with Crippen LogP contribution in [-0.2, 0) is 127 Å². The van der Waals surface area contributed by atoms with Crippen LogP contribution in [0.25, 0.3) is 0 Å². The van der Waals surface area contributed by atoms with E-state index in [1.807, 2.05) is 0 Å². The molecule has 4 unspecified atom stereocenters. The minimum Gasteiger partial charge on any atom is -2.00 e. The van der Waals surface area contributed by atoms with E-state index < -0.39 is 11.4 Å². The molecule has 0 aliphatic carbocycles. The molecule has 0 aromatic carbocycles. The fourth-order valence-corrected chi connectivity index (χ4v) is 7.74. The van der Waals surface area contributed by atoms with E-state index in [2.05, 4.69) is 79.9 Å². The second-order valence-electron chi connectivity index (χ2n) is 11.8. The molecule has 0 aromatic rings.